The maximum Gasteiger partial charge on any atom is 0.179 e. The van der Waals surface area contributed by atoms with E-state index in [-0.39, 0.29) is 11.8 Å². The predicted molar refractivity (Wildman–Crippen MR) is 61.5 cm³/mol. The highest BCUT2D eigenvalue weighted by Gasteiger charge is 2.17. The lowest BCUT2D eigenvalue weighted by Crippen LogP contribution is -2.28. The van der Waals surface area contributed by atoms with Crippen LogP contribution in [0.25, 0.3) is 0 Å². The Hall–Kier alpha value is -0.870. The third-order valence-electron chi connectivity index (χ3n) is 2.31. The van der Waals surface area contributed by atoms with Crippen LogP contribution in [0, 0.1) is 6.92 Å². The number of rotatable bonds is 4. The van der Waals surface area contributed by atoms with Gasteiger partial charge in [0.1, 0.15) is 0 Å². The smallest absolute Gasteiger partial charge is 0.179 e. The third kappa shape index (κ3) is 3.32. The van der Waals surface area contributed by atoms with E-state index in [9.17, 15) is 8.42 Å². The molecule has 0 aliphatic rings. The first-order valence-electron chi connectivity index (χ1n) is 5.00. The van der Waals surface area contributed by atoms with Crippen molar-refractivity contribution in [2.45, 2.75) is 31.2 Å². The molecule has 0 aromatic heterocycles. The van der Waals surface area contributed by atoms with E-state index < -0.39 is 9.84 Å². The Kier molecular flexibility index (Phi) is 3.88. The number of sulfone groups is 1. The van der Waals surface area contributed by atoms with E-state index in [0.29, 0.717) is 11.3 Å². The lowest BCUT2D eigenvalue weighted by Gasteiger charge is -2.09. The van der Waals surface area contributed by atoms with Crippen LogP contribution in [0.5, 0.6) is 0 Å². The normalized spacial score (nSPS) is 13.8. The second-order valence-electron chi connectivity index (χ2n) is 3.77. The summed E-state index contributed by atoms with van der Waals surface area (Å²) in [5.74, 6) is 0.0208. The molecule has 2 N–H and O–H groups in total. The second kappa shape index (κ2) is 4.77. The van der Waals surface area contributed by atoms with Crippen LogP contribution in [0.3, 0.4) is 0 Å². The zero-order chi connectivity index (χ0) is 11.5. The van der Waals surface area contributed by atoms with Gasteiger partial charge in [0.25, 0.3) is 0 Å². The molecule has 15 heavy (non-hydrogen) atoms. The third-order valence-corrected chi connectivity index (χ3v) is 4.15. The van der Waals surface area contributed by atoms with Crippen LogP contribution in [0.1, 0.15) is 18.9 Å². The van der Waals surface area contributed by atoms with Crippen LogP contribution in [0.2, 0.25) is 0 Å². The fourth-order valence-corrected chi connectivity index (χ4v) is 2.95. The zero-order valence-corrected chi connectivity index (χ0v) is 9.92. The Labute approximate surface area is 91.2 Å². The van der Waals surface area contributed by atoms with Gasteiger partial charge < -0.3 is 5.73 Å². The molecule has 3 nitrogen and oxygen atoms in total. The van der Waals surface area contributed by atoms with Crippen molar-refractivity contribution in [1.29, 1.82) is 0 Å². The molecule has 1 unspecified atom stereocenters. The van der Waals surface area contributed by atoms with E-state index in [0.717, 1.165) is 5.56 Å². The predicted octanol–water partition coefficient (Wildman–Crippen LogP) is 1.51. The highest BCUT2D eigenvalue weighted by Crippen LogP contribution is 2.13. The molecular weight excluding hydrogens is 210 g/mol. The summed E-state index contributed by atoms with van der Waals surface area (Å²) in [6.07, 6.45) is 0.672. The van der Waals surface area contributed by atoms with Crippen molar-refractivity contribution in [2.24, 2.45) is 5.73 Å². The van der Waals surface area contributed by atoms with Crippen molar-refractivity contribution >= 4 is 9.84 Å². The number of benzene rings is 1. The highest BCUT2D eigenvalue weighted by molar-refractivity contribution is 7.91. The Balaban J connectivity index is 2.96. The minimum absolute atomic E-state index is 0.0208. The minimum atomic E-state index is -3.22. The average Bonchev–Trinajstić information content (AvgIpc) is 2.17. The maximum absolute atomic E-state index is 11.9. The topological polar surface area (TPSA) is 60.2 Å². The van der Waals surface area contributed by atoms with Crippen LogP contribution in [0.4, 0.5) is 0 Å². The van der Waals surface area contributed by atoms with E-state index in [1.165, 1.54) is 0 Å². The fraction of sp³-hybridized carbons (Fsp3) is 0.455. The number of nitrogens with two attached hydrogens (primary N) is 1. The SMILES string of the molecule is CCC(N)CS(=O)(=O)c1cccc(C)c1. The summed E-state index contributed by atoms with van der Waals surface area (Å²) in [6.45, 7) is 3.76. The van der Waals surface area contributed by atoms with Crippen molar-refractivity contribution in [3.63, 3.8) is 0 Å². The Bertz CT molecular complexity index is 426. The summed E-state index contributed by atoms with van der Waals surface area (Å²) in [5.41, 5.74) is 6.60. The van der Waals surface area contributed by atoms with Crippen molar-refractivity contribution in [3.8, 4) is 0 Å². The van der Waals surface area contributed by atoms with Crippen molar-refractivity contribution in [1.82, 2.24) is 0 Å². The molecule has 0 bridgehead atoms. The molecule has 0 aliphatic carbocycles. The van der Waals surface area contributed by atoms with Crippen LogP contribution < -0.4 is 5.73 Å². The van der Waals surface area contributed by atoms with E-state index in [1.54, 1.807) is 18.2 Å². The van der Waals surface area contributed by atoms with Gasteiger partial charge in [0.2, 0.25) is 0 Å². The molecular formula is C11H17NO2S. The molecule has 0 aliphatic heterocycles. The monoisotopic (exact) mass is 227 g/mol. The molecule has 0 spiro atoms. The number of hydrogen-bond donors (Lipinski definition) is 1. The zero-order valence-electron chi connectivity index (χ0n) is 9.10. The first-order valence-corrected chi connectivity index (χ1v) is 6.66. The summed E-state index contributed by atoms with van der Waals surface area (Å²) in [5, 5.41) is 0. The lowest BCUT2D eigenvalue weighted by molar-refractivity contribution is 0.584. The van der Waals surface area contributed by atoms with E-state index in [2.05, 4.69) is 0 Å². The van der Waals surface area contributed by atoms with Gasteiger partial charge in [-0.2, -0.15) is 0 Å². The van der Waals surface area contributed by atoms with Crippen LogP contribution in [-0.2, 0) is 9.84 Å². The number of hydrogen-bond acceptors (Lipinski definition) is 3. The molecule has 0 heterocycles. The molecule has 0 amide bonds. The van der Waals surface area contributed by atoms with Gasteiger partial charge in [-0.3, -0.25) is 0 Å². The largest absolute Gasteiger partial charge is 0.327 e. The van der Waals surface area contributed by atoms with E-state index in [1.807, 2.05) is 19.9 Å². The van der Waals surface area contributed by atoms with Gasteiger partial charge in [0.05, 0.1) is 10.6 Å². The molecule has 0 saturated heterocycles. The Morgan fingerprint density at radius 2 is 2.07 bits per heavy atom. The minimum Gasteiger partial charge on any atom is -0.327 e. The first kappa shape index (κ1) is 12.2. The van der Waals surface area contributed by atoms with Crippen LogP contribution >= 0.6 is 0 Å². The summed E-state index contributed by atoms with van der Waals surface area (Å²) in [6, 6.07) is 6.64. The van der Waals surface area contributed by atoms with Crippen molar-refractivity contribution < 1.29 is 8.42 Å². The van der Waals surface area contributed by atoms with Crippen molar-refractivity contribution in [2.75, 3.05) is 5.75 Å². The molecule has 84 valence electrons. The summed E-state index contributed by atoms with van der Waals surface area (Å²) >= 11 is 0. The van der Waals surface area contributed by atoms with Crippen LogP contribution in [0.15, 0.2) is 29.2 Å². The molecule has 1 atom stereocenters. The highest BCUT2D eigenvalue weighted by atomic mass is 32.2. The number of aryl methyl sites for hydroxylation is 1. The van der Waals surface area contributed by atoms with Gasteiger partial charge >= 0.3 is 0 Å². The fourth-order valence-electron chi connectivity index (χ4n) is 1.30. The van der Waals surface area contributed by atoms with Gasteiger partial charge in [0, 0.05) is 6.04 Å². The molecule has 1 aromatic carbocycles. The lowest BCUT2D eigenvalue weighted by atomic mass is 10.2. The molecule has 0 radical (unpaired) electrons. The molecule has 4 heteroatoms. The average molecular weight is 227 g/mol. The molecule has 1 aromatic rings. The van der Waals surface area contributed by atoms with Crippen molar-refractivity contribution in [3.05, 3.63) is 29.8 Å². The Morgan fingerprint density at radius 1 is 1.40 bits per heavy atom. The maximum atomic E-state index is 11.9. The van der Waals surface area contributed by atoms with Gasteiger partial charge in [-0.1, -0.05) is 19.1 Å². The van der Waals surface area contributed by atoms with Gasteiger partial charge in [-0.25, -0.2) is 8.42 Å². The standard InChI is InChI=1S/C11H17NO2S/c1-3-10(12)8-15(13,14)11-6-4-5-9(2)7-11/h4-7,10H,3,8,12H2,1-2H3. The van der Waals surface area contributed by atoms with Crippen LogP contribution in [-0.4, -0.2) is 20.2 Å². The molecule has 0 saturated carbocycles. The quantitative estimate of drug-likeness (QED) is 0.848. The summed E-state index contributed by atoms with van der Waals surface area (Å²) in [7, 11) is -3.22. The molecule has 1 rings (SSSR count). The molecule has 0 fully saturated rings. The van der Waals surface area contributed by atoms with E-state index in [4.69, 9.17) is 5.73 Å². The van der Waals surface area contributed by atoms with Gasteiger partial charge in [-0.05, 0) is 31.0 Å². The van der Waals surface area contributed by atoms with E-state index >= 15 is 0 Å². The Morgan fingerprint density at radius 3 is 2.60 bits per heavy atom. The summed E-state index contributed by atoms with van der Waals surface area (Å²) in [4.78, 5) is 0.367. The second-order valence-corrected chi connectivity index (χ2v) is 5.80. The van der Waals surface area contributed by atoms with Gasteiger partial charge in [-0.15, -0.1) is 0 Å². The summed E-state index contributed by atoms with van der Waals surface area (Å²) < 4.78 is 23.7. The first-order chi connectivity index (χ1) is 6.95. The van der Waals surface area contributed by atoms with Gasteiger partial charge in [0.15, 0.2) is 9.84 Å².